The van der Waals surface area contributed by atoms with Crippen LogP contribution in [0.2, 0.25) is 0 Å². The Kier molecular flexibility index (Phi) is 9.61. The van der Waals surface area contributed by atoms with Gasteiger partial charge in [0.25, 0.3) is 0 Å². The van der Waals surface area contributed by atoms with Crippen molar-refractivity contribution in [1.29, 1.82) is 0 Å². The van der Waals surface area contributed by atoms with E-state index in [9.17, 15) is 0 Å². The zero-order chi connectivity index (χ0) is 21.2. The van der Waals surface area contributed by atoms with Crippen LogP contribution in [-0.2, 0) is 6.42 Å². The fourth-order valence-corrected chi connectivity index (χ4v) is 6.09. The molecular formula is C27H38O2S. The topological polar surface area (TPSA) is 29.5 Å². The molecule has 2 unspecified atom stereocenters. The van der Waals surface area contributed by atoms with Crippen LogP contribution in [0.15, 0.2) is 47.4 Å². The van der Waals surface area contributed by atoms with Crippen molar-refractivity contribution in [3.63, 3.8) is 0 Å². The van der Waals surface area contributed by atoms with Crippen molar-refractivity contribution >= 4 is 11.8 Å². The first kappa shape index (κ1) is 23.2. The van der Waals surface area contributed by atoms with Crippen LogP contribution < -0.4 is 4.74 Å². The smallest absolute Gasteiger partial charge is 0.118 e. The zero-order valence-electron chi connectivity index (χ0n) is 18.7. The molecule has 3 rings (SSSR count). The number of thioether (sulfide) groups is 1. The molecule has 2 atom stereocenters. The van der Waals surface area contributed by atoms with Crippen LogP contribution in [0.4, 0.5) is 0 Å². The fourth-order valence-electron chi connectivity index (χ4n) is 4.69. The molecule has 2 aromatic rings. The maximum absolute atomic E-state index is 8.95. The molecule has 30 heavy (non-hydrogen) atoms. The fraction of sp³-hybridized carbons (Fsp3) is 0.556. The lowest BCUT2D eigenvalue weighted by atomic mass is 9.78. The SMILES string of the molecule is CCCc1ccc2c(c1)SCC(c1ccc(OC)cc1)C2CCCCCCCCO. The summed E-state index contributed by atoms with van der Waals surface area (Å²) in [5.74, 6) is 3.27. The summed E-state index contributed by atoms with van der Waals surface area (Å²) in [6.07, 6.45) is 10.9. The zero-order valence-corrected chi connectivity index (χ0v) is 19.6. The molecule has 2 nitrogen and oxygen atoms in total. The summed E-state index contributed by atoms with van der Waals surface area (Å²) in [7, 11) is 1.74. The summed E-state index contributed by atoms with van der Waals surface area (Å²) in [5, 5.41) is 8.95. The van der Waals surface area contributed by atoms with E-state index in [2.05, 4.69) is 49.4 Å². The largest absolute Gasteiger partial charge is 0.497 e. The number of hydrogen-bond acceptors (Lipinski definition) is 3. The molecule has 3 heteroatoms. The summed E-state index contributed by atoms with van der Waals surface area (Å²) in [6, 6.07) is 16.0. The highest BCUT2D eigenvalue weighted by Gasteiger charge is 2.31. The first-order valence-electron chi connectivity index (χ1n) is 11.8. The molecule has 1 aliphatic heterocycles. The molecule has 0 aliphatic carbocycles. The summed E-state index contributed by atoms with van der Waals surface area (Å²) < 4.78 is 5.37. The van der Waals surface area contributed by atoms with Gasteiger partial charge in [-0.15, -0.1) is 11.8 Å². The molecule has 164 valence electrons. The van der Waals surface area contributed by atoms with E-state index in [1.54, 1.807) is 12.7 Å². The lowest BCUT2D eigenvalue weighted by Gasteiger charge is -2.34. The predicted octanol–water partition coefficient (Wildman–Crippen LogP) is 7.34. The van der Waals surface area contributed by atoms with Gasteiger partial charge in [0.05, 0.1) is 7.11 Å². The minimum atomic E-state index is 0.333. The third-order valence-electron chi connectivity index (χ3n) is 6.39. The van der Waals surface area contributed by atoms with Crippen molar-refractivity contribution < 1.29 is 9.84 Å². The minimum Gasteiger partial charge on any atom is -0.497 e. The van der Waals surface area contributed by atoms with Crippen LogP contribution in [0, 0.1) is 0 Å². The average Bonchev–Trinajstić information content (AvgIpc) is 2.78. The average molecular weight is 427 g/mol. The van der Waals surface area contributed by atoms with E-state index in [0.717, 1.165) is 24.3 Å². The van der Waals surface area contributed by atoms with Crippen molar-refractivity contribution in [2.45, 2.75) is 81.4 Å². The lowest BCUT2D eigenvalue weighted by Crippen LogP contribution is -2.19. The summed E-state index contributed by atoms with van der Waals surface area (Å²) >= 11 is 2.04. The molecule has 0 amide bonds. The second-order valence-corrected chi connectivity index (χ2v) is 9.61. The third-order valence-corrected chi connectivity index (χ3v) is 7.58. The van der Waals surface area contributed by atoms with Gasteiger partial charge in [-0.1, -0.05) is 69.7 Å². The number of aryl methyl sites for hydroxylation is 1. The number of fused-ring (bicyclic) bond motifs is 1. The van der Waals surface area contributed by atoms with Gasteiger partial charge in [0.15, 0.2) is 0 Å². The maximum Gasteiger partial charge on any atom is 0.118 e. The van der Waals surface area contributed by atoms with Gasteiger partial charge in [0.2, 0.25) is 0 Å². The van der Waals surface area contributed by atoms with Gasteiger partial charge in [-0.2, -0.15) is 0 Å². The molecule has 0 saturated heterocycles. The van der Waals surface area contributed by atoms with Gasteiger partial charge in [-0.05, 0) is 60.1 Å². The number of ether oxygens (including phenoxy) is 1. The molecule has 1 heterocycles. The monoisotopic (exact) mass is 426 g/mol. The summed E-state index contributed by atoms with van der Waals surface area (Å²) in [6.45, 7) is 2.59. The summed E-state index contributed by atoms with van der Waals surface area (Å²) in [5.41, 5.74) is 4.49. The quantitative estimate of drug-likeness (QED) is 0.360. The van der Waals surface area contributed by atoms with Crippen molar-refractivity contribution in [3.8, 4) is 5.75 Å². The van der Waals surface area contributed by atoms with Crippen LogP contribution >= 0.6 is 11.8 Å². The molecule has 0 saturated carbocycles. The summed E-state index contributed by atoms with van der Waals surface area (Å²) in [4.78, 5) is 1.51. The molecule has 1 N–H and O–H groups in total. The molecule has 0 bridgehead atoms. The second kappa shape index (κ2) is 12.4. The Balaban J connectivity index is 1.72. The number of methoxy groups -OCH3 is 1. The van der Waals surface area contributed by atoms with Gasteiger partial charge < -0.3 is 9.84 Å². The number of benzene rings is 2. The van der Waals surface area contributed by atoms with E-state index in [1.807, 2.05) is 11.8 Å². The van der Waals surface area contributed by atoms with Crippen LogP contribution in [0.1, 0.15) is 86.8 Å². The Hall–Kier alpha value is -1.45. The molecule has 0 radical (unpaired) electrons. The Labute approximate surface area is 187 Å². The van der Waals surface area contributed by atoms with E-state index in [1.165, 1.54) is 61.0 Å². The standard InChI is InChI=1S/C27H38O2S/c1-3-10-21-12-17-25-24(11-8-6-4-5-7-9-18-28)26(20-30-27(25)19-21)22-13-15-23(29-2)16-14-22/h12-17,19,24,26,28H,3-11,18,20H2,1-2H3. The molecule has 0 spiro atoms. The van der Waals surface area contributed by atoms with E-state index < -0.39 is 0 Å². The van der Waals surface area contributed by atoms with Crippen LogP contribution in [0.25, 0.3) is 0 Å². The van der Waals surface area contributed by atoms with Gasteiger partial charge in [0, 0.05) is 23.2 Å². The van der Waals surface area contributed by atoms with Crippen LogP contribution in [-0.4, -0.2) is 24.6 Å². The van der Waals surface area contributed by atoms with E-state index >= 15 is 0 Å². The minimum absolute atomic E-state index is 0.333. The van der Waals surface area contributed by atoms with Gasteiger partial charge in [-0.25, -0.2) is 0 Å². The Bertz CT molecular complexity index is 756. The Morgan fingerprint density at radius 2 is 1.70 bits per heavy atom. The van der Waals surface area contributed by atoms with Crippen molar-refractivity contribution in [2.24, 2.45) is 0 Å². The van der Waals surface area contributed by atoms with E-state index in [4.69, 9.17) is 9.84 Å². The van der Waals surface area contributed by atoms with E-state index in [0.29, 0.717) is 18.4 Å². The van der Waals surface area contributed by atoms with Crippen LogP contribution in [0.3, 0.4) is 0 Å². The Morgan fingerprint density at radius 1 is 0.967 bits per heavy atom. The normalized spacial score (nSPS) is 18.2. The highest BCUT2D eigenvalue weighted by Crippen LogP contribution is 2.48. The predicted molar refractivity (Wildman–Crippen MR) is 129 cm³/mol. The van der Waals surface area contributed by atoms with Crippen molar-refractivity contribution in [1.82, 2.24) is 0 Å². The van der Waals surface area contributed by atoms with Crippen molar-refractivity contribution in [3.05, 3.63) is 59.2 Å². The molecule has 2 aromatic carbocycles. The maximum atomic E-state index is 8.95. The number of rotatable bonds is 12. The Morgan fingerprint density at radius 3 is 2.40 bits per heavy atom. The van der Waals surface area contributed by atoms with E-state index in [-0.39, 0.29) is 0 Å². The highest BCUT2D eigenvalue weighted by molar-refractivity contribution is 7.99. The molecular weight excluding hydrogens is 388 g/mol. The van der Waals surface area contributed by atoms with Gasteiger partial charge in [-0.3, -0.25) is 0 Å². The molecule has 1 aliphatic rings. The van der Waals surface area contributed by atoms with Gasteiger partial charge >= 0.3 is 0 Å². The lowest BCUT2D eigenvalue weighted by molar-refractivity contribution is 0.282. The highest BCUT2D eigenvalue weighted by atomic mass is 32.2. The molecule has 0 aromatic heterocycles. The first-order chi connectivity index (χ1) is 14.8. The first-order valence-corrected chi connectivity index (χ1v) is 12.8. The second-order valence-electron chi connectivity index (χ2n) is 8.55. The number of unbranched alkanes of at least 4 members (excludes halogenated alkanes) is 5. The third kappa shape index (κ3) is 6.28. The number of aliphatic hydroxyl groups is 1. The molecule has 0 fully saturated rings. The van der Waals surface area contributed by atoms with Crippen LogP contribution in [0.5, 0.6) is 5.75 Å². The van der Waals surface area contributed by atoms with Gasteiger partial charge in [0.1, 0.15) is 5.75 Å². The van der Waals surface area contributed by atoms with Crippen molar-refractivity contribution in [2.75, 3.05) is 19.5 Å². The number of aliphatic hydroxyl groups excluding tert-OH is 1. The number of hydrogen-bond donors (Lipinski definition) is 1.